The van der Waals surface area contributed by atoms with E-state index in [-0.39, 0.29) is 58.4 Å². The Balaban J connectivity index is 0.875. The molecule has 2 aliphatic carbocycles. The Labute approximate surface area is 395 Å². The number of H-pyrrole nitrogens is 1. The number of sulfonamides is 1. The minimum absolute atomic E-state index is 0.0187. The number of hydrogen-bond donors (Lipinski definition) is 5. The Morgan fingerprint density at radius 1 is 1.01 bits per heavy atom. The fourth-order valence-electron chi connectivity index (χ4n) is 11.6. The second-order valence-electron chi connectivity index (χ2n) is 20.2. The van der Waals surface area contributed by atoms with Crippen molar-refractivity contribution < 1.29 is 37.6 Å². The van der Waals surface area contributed by atoms with Crippen LogP contribution in [0.5, 0.6) is 23.1 Å². The molecular weight excluding hydrogens is 889 g/mol. The van der Waals surface area contributed by atoms with Crippen LogP contribution in [-0.4, -0.2) is 83.1 Å². The third-order valence-corrected chi connectivity index (χ3v) is 16.8. The van der Waals surface area contributed by atoms with Crippen molar-refractivity contribution in [3.05, 3.63) is 99.7 Å². The van der Waals surface area contributed by atoms with Gasteiger partial charge in [0.1, 0.15) is 18.0 Å². The summed E-state index contributed by atoms with van der Waals surface area (Å²) in [6.45, 7) is 9.21. The molecule has 2 saturated carbocycles. The molecule has 4 fully saturated rings. The number of nitrogens with one attached hydrogen (secondary N) is 3. The molecule has 18 heteroatoms. The molecule has 17 nitrogen and oxygen atoms in total. The molecule has 0 bridgehead atoms. The third kappa shape index (κ3) is 8.82. The van der Waals surface area contributed by atoms with Crippen LogP contribution in [0.1, 0.15) is 118 Å². The van der Waals surface area contributed by atoms with Gasteiger partial charge in [0.05, 0.1) is 27.0 Å². The number of likely N-dealkylation sites (tertiary alicyclic amines) is 1. The number of carbonyl (C=O) groups is 1. The lowest BCUT2D eigenvalue weighted by Crippen LogP contribution is -2.54. The number of ether oxygens (including phenoxy) is 2. The normalized spacial score (nSPS) is 24.0. The fraction of sp³-hybridized carbons (Fsp3) is 0.480. The van der Waals surface area contributed by atoms with Gasteiger partial charge in [-0.1, -0.05) is 38.1 Å². The van der Waals surface area contributed by atoms with E-state index in [0.717, 1.165) is 44.2 Å². The zero-order valence-corrected chi connectivity index (χ0v) is 39.5. The number of nitrogens with two attached hydrogens (primary N) is 1. The zero-order chi connectivity index (χ0) is 47.5. The molecule has 3 aromatic carbocycles. The quantitative estimate of drug-likeness (QED) is 0.0584. The summed E-state index contributed by atoms with van der Waals surface area (Å²) in [4.78, 5) is 43.0. The molecule has 3 aliphatic heterocycles. The number of piperidine rings is 1. The molecule has 1 amide bonds. The number of aromatic nitrogens is 2. The molecule has 68 heavy (non-hydrogen) atoms. The van der Waals surface area contributed by atoms with Crippen molar-refractivity contribution in [3.8, 4) is 23.1 Å². The molecule has 0 radical (unpaired) electrons. The molecule has 10 rings (SSSR count). The smallest absolute Gasteiger partial charge is 0.297 e. The predicted octanol–water partition coefficient (Wildman–Crippen LogP) is 8.46. The number of nitro groups is 1. The van der Waals surface area contributed by atoms with E-state index >= 15 is 0 Å². The topological polar surface area (TPSA) is 228 Å². The number of anilines is 2. The standard InChI is InChI=1S/C50H60N8O9S/c1-30(2)36-7-4-5-8-37(36)40-9-6-20-57(40)34-27-50(28-34)17-21-56(22-18-50)33-10-11-38(42(24-33)66-44-23-32-14-19-52-46(32)54-48(44)67-51)47(59)55-68(63,64)35-25-41(58(61)62)45-43(26-35)65-29-39(53-45)31-12-15-49(3,60)16-13-31/h4-5,7-8,10-11,14,19,23-26,30-31,34,39-40,53,60H,6,9,12-13,15-18,20-22,27-29,51H2,1-3H3,(H,52,54)(H,55,59)/t31-,39-,40+,49-/m1/s1. The maximum absolute atomic E-state index is 14.2. The largest absolute Gasteiger partial charge is 0.489 e. The van der Waals surface area contributed by atoms with E-state index in [4.69, 9.17) is 20.2 Å². The molecule has 5 aromatic rings. The van der Waals surface area contributed by atoms with Gasteiger partial charge in [0, 0.05) is 60.6 Å². The van der Waals surface area contributed by atoms with Crippen molar-refractivity contribution >= 4 is 44.0 Å². The van der Waals surface area contributed by atoms with E-state index in [2.05, 4.69) is 67.9 Å². The lowest BCUT2D eigenvalue weighted by atomic mass is 9.59. The number of aromatic amines is 1. The zero-order valence-electron chi connectivity index (χ0n) is 38.7. The highest BCUT2D eigenvalue weighted by Gasteiger charge is 2.50. The summed E-state index contributed by atoms with van der Waals surface area (Å²) in [7, 11) is -4.71. The summed E-state index contributed by atoms with van der Waals surface area (Å²) in [6.07, 6.45) is 11.0. The van der Waals surface area contributed by atoms with E-state index in [1.807, 2.05) is 0 Å². The number of aliphatic hydroxyl groups is 1. The molecule has 5 heterocycles. The van der Waals surface area contributed by atoms with Crippen LogP contribution in [0.15, 0.2) is 77.8 Å². The first kappa shape index (κ1) is 45.8. The van der Waals surface area contributed by atoms with Gasteiger partial charge in [-0.15, -0.1) is 0 Å². The molecule has 6 N–H and O–H groups in total. The van der Waals surface area contributed by atoms with Crippen LogP contribution in [0.4, 0.5) is 17.1 Å². The maximum atomic E-state index is 14.2. The fourth-order valence-corrected chi connectivity index (χ4v) is 12.6. The Morgan fingerprint density at radius 3 is 2.51 bits per heavy atom. The SMILES string of the molecule is CC(C)c1ccccc1[C@@H]1CCCN1C1CC2(CCN(c3ccc(C(=O)NS(=O)(=O)c4cc5c(c([N+](=O)[O-])c4)N[C@@H]([C@H]4CC[C@](C)(O)CC4)CO5)c(Oc4cc5cc[nH]c5nc4ON)c3)CC2)C1. The summed E-state index contributed by atoms with van der Waals surface area (Å²) in [6, 6.07) is 20.2. The van der Waals surface area contributed by atoms with Crippen molar-refractivity contribution in [1.29, 1.82) is 0 Å². The van der Waals surface area contributed by atoms with Gasteiger partial charge in [-0.05, 0) is 130 Å². The van der Waals surface area contributed by atoms with Crippen LogP contribution < -0.4 is 35.1 Å². The lowest BCUT2D eigenvalue weighted by Gasteiger charge is -2.56. The molecular formula is C50H60N8O9S. The van der Waals surface area contributed by atoms with Crippen molar-refractivity contribution in [3.63, 3.8) is 0 Å². The van der Waals surface area contributed by atoms with E-state index < -0.39 is 37.0 Å². The van der Waals surface area contributed by atoms with Crippen LogP contribution in [0.3, 0.4) is 0 Å². The van der Waals surface area contributed by atoms with Crippen molar-refractivity contribution in [1.82, 2.24) is 19.6 Å². The van der Waals surface area contributed by atoms with Gasteiger partial charge < -0.3 is 34.6 Å². The third-order valence-electron chi connectivity index (χ3n) is 15.5. The molecule has 5 aliphatic rings. The van der Waals surface area contributed by atoms with Gasteiger partial charge in [-0.25, -0.2) is 13.1 Å². The van der Waals surface area contributed by atoms with Crippen LogP contribution in [0.25, 0.3) is 11.0 Å². The van der Waals surface area contributed by atoms with Crippen molar-refractivity contribution in [2.45, 2.75) is 120 Å². The Kier molecular flexibility index (Phi) is 12.0. The molecule has 1 spiro atoms. The molecule has 2 atom stereocenters. The number of fused-ring (bicyclic) bond motifs is 2. The van der Waals surface area contributed by atoms with Crippen molar-refractivity contribution in [2.24, 2.45) is 17.2 Å². The summed E-state index contributed by atoms with van der Waals surface area (Å²) in [5, 5.41) is 26.8. The van der Waals surface area contributed by atoms with E-state index in [1.54, 1.807) is 37.4 Å². The summed E-state index contributed by atoms with van der Waals surface area (Å²) >= 11 is 0. The summed E-state index contributed by atoms with van der Waals surface area (Å²) < 4.78 is 42.5. The maximum Gasteiger partial charge on any atom is 0.297 e. The number of hydrogen-bond acceptors (Lipinski definition) is 14. The molecule has 2 aromatic heterocycles. The Morgan fingerprint density at radius 2 is 1.78 bits per heavy atom. The minimum atomic E-state index is -4.71. The van der Waals surface area contributed by atoms with Crippen LogP contribution in [0, 0.1) is 21.4 Å². The molecule has 2 saturated heterocycles. The highest BCUT2D eigenvalue weighted by atomic mass is 32.2. The second kappa shape index (κ2) is 17.9. The van der Waals surface area contributed by atoms with Gasteiger partial charge in [-0.3, -0.25) is 19.8 Å². The van der Waals surface area contributed by atoms with Crippen LogP contribution in [0.2, 0.25) is 0 Å². The van der Waals surface area contributed by atoms with Gasteiger partial charge in [-0.2, -0.15) is 10.9 Å². The average Bonchev–Trinajstić information content (AvgIpc) is 3.99. The predicted molar refractivity (Wildman–Crippen MR) is 257 cm³/mol. The lowest BCUT2D eigenvalue weighted by molar-refractivity contribution is -0.384. The number of nitro benzene ring substituents is 1. The first-order chi connectivity index (χ1) is 32.6. The first-order valence-corrected chi connectivity index (χ1v) is 25.4. The van der Waals surface area contributed by atoms with E-state index in [9.17, 15) is 28.4 Å². The molecule has 360 valence electrons. The Hall–Kier alpha value is -5.95. The Bertz CT molecular complexity index is 2840. The number of benzene rings is 3. The molecule has 0 unspecified atom stereocenters. The summed E-state index contributed by atoms with van der Waals surface area (Å²) in [5.41, 5.74) is 3.15. The number of rotatable bonds is 12. The second-order valence-corrected chi connectivity index (χ2v) is 21.9. The monoisotopic (exact) mass is 948 g/mol. The minimum Gasteiger partial charge on any atom is -0.489 e. The highest BCUT2D eigenvalue weighted by Crippen LogP contribution is 2.54. The number of amides is 1. The van der Waals surface area contributed by atoms with Gasteiger partial charge in [0.15, 0.2) is 17.2 Å². The summed E-state index contributed by atoms with van der Waals surface area (Å²) in [5.74, 6) is 5.22. The van der Waals surface area contributed by atoms with Crippen molar-refractivity contribution in [2.75, 3.05) is 36.5 Å². The van der Waals surface area contributed by atoms with Gasteiger partial charge in [0.25, 0.3) is 27.5 Å². The van der Waals surface area contributed by atoms with Gasteiger partial charge in [0.2, 0.25) is 0 Å². The highest BCUT2D eigenvalue weighted by molar-refractivity contribution is 7.90. The van der Waals surface area contributed by atoms with E-state index in [1.165, 1.54) is 48.9 Å². The van der Waals surface area contributed by atoms with E-state index in [0.29, 0.717) is 54.7 Å². The number of carbonyl (C=O) groups excluding carboxylic acids is 1. The average molecular weight is 949 g/mol. The van der Waals surface area contributed by atoms with Crippen LogP contribution >= 0.6 is 0 Å². The first-order valence-electron chi connectivity index (χ1n) is 23.9. The number of nitrogens with zero attached hydrogens (tertiary/aromatic N) is 4. The van der Waals surface area contributed by atoms with Crippen LogP contribution in [-0.2, 0) is 10.0 Å². The number of pyridine rings is 1. The van der Waals surface area contributed by atoms with Gasteiger partial charge >= 0.3 is 0 Å².